The van der Waals surface area contributed by atoms with Gasteiger partial charge in [-0.25, -0.2) is 9.78 Å². The van der Waals surface area contributed by atoms with Gasteiger partial charge in [-0.1, -0.05) is 0 Å². The van der Waals surface area contributed by atoms with E-state index in [1.54, 1.807) is 0 Å². The first-order valence-corrected chi connectivity index (χ1v) is 11.5. The smallest absolute Gasteiger partial charge is 0.410 e. The number of aromatic nitrogens is 2. The van der Waals surface area contributed by atoms with E-state index < -0.39 is 5.60 Å². The minimum atomic E-state index is -0.505. The number of H-pyrrole nitrogens is 1. The zero-order valence-corrected chi connectivity index (χ0v) is 19.3. The van der Waals surface area contributed by atoms with Gasteiger partial charge in [0.2, 0.25) is 0 Å². The van der Waals surface area contributed by atoms with E-state index in [0.717, 1.165) is 48.0 Å². The number of aromatic amines is 1. The van der Waals surface area contributed by atoms with Crippen LogP contribution in [0.4, 0.5) is 4.79 Å². The predicted octanol–water partition coefficient (Wildman–Crippen LogP) is 5.68. The van der Waals surface area contributed by atoms with Crippen LogP contribution < -0.4 is 0 Å². The highest BCUT2D eigenvalue weighted by Crippen LogP contribution is 2.40. The molecule has 1 aromatic carbocycles. The number of ether oxygens (including phenoxy) is 2. The summed E-state index contributed by atoms with van der Waals surface area (Å²) in [6, 6.07) is 6.73. The predicted molar refractivity (Wildman–Crippen MR) is 125 cm³/mol. The van der Waals surface area contributed by atoms with Gasteiger partial charge in [0.25, 0.3) is 0 Å². The molecule has 5 rings (SSSR count). The van der Waals surface area contributed by atoms with E-state index in [4.69, 9.17) is 9.47 Å². The first-order chi connectivity index (χ1) is 15.3. The summed E-state index contributed by atoms with van der Waals surface area (Å²) < 4.78 is 11.5. The van der Waals surface area contributed by atoms with Crippen LogP contribution in [0.15, 0.2) is 30.6 Å². The molecule has 1 fully saturated rings. The molecule has 0 aliphatic carbocycles. The number of likely N-dealkylation sites (tertiary alicyclic amines) is 1. The molecule has 32 heavy (non-hydrogen) atoms. The van der Waals surface area contributed by atoms with Crippen molar-refractivity contribution in [3.8, 4) is 11.1 Å². The number of carbonyl (C=O) groups is 1. The van der Waals surface area contributed by atoms with Crippen molar-refractivity contribution in [2.45, 2.75) is 65.2 Å². The zero-order chi connectivity index (χ0) is 22.5. The highest BCUT2D eigenvalue weighted by molar-refractivity contribution is 5.84. The third-order valence-corrected chi connectivity index (χ3v) is 6.44. The van der Waals surface area contributed by atoms with Gasteiger partial charge in [0.15, 0.2) is 0 Å². The van der Waals surface area contributed by atoms with Crippen LogP contribution in [0, 0.1) is 6.92 Å². The summed E-state index contributed by atoms with van der Waals surface area (Å²) in [5.41, 5.74) is 7.55. The third-order valence-electron chi connectivity index (χ3n) is 6.44. The first-order valence-electron chi connectivity index (χ1n) is 11.5. The van der Waals surface area contributed by atoms with Crippen molar-refractivity contribution >= 4 is 17.1 Å². The molecule has 2 aliphatic rings. The lowest BCUT2D eigenvalue weighted by molar-refractivity contribution is 0.0223. The summed E-state index contributed by atoms with van der Waals surface area (Å²) >= 11 is 0. The molecular formula is C26H31N3O3. The number of aryl methyl sites for hydroxylation is 1. The topological polar surface area (TPSA) is 67.5 Å². The van der Waals surface area contributed by atoms with Crippen LogP contribution >= 0.6 is 0 Å². The molecule has 6 nitrogen and oxygen atoms in total. The molecule has 3 aromatic rings. The maximum absolute atomic E-state index is 13.0. The number of hydrogen-bond donors (Lipinski definition) is 1. The Kier molecular flexibility index (Phi) is 5.20. The molecule has 0 bridgehead atoms. The molecule has 6 heteroatoms. The normalized spacial score (nSPS) is 18.8. The quantitative estimate of drug-likeness (QED) is 0.564. The number of fused-ring (bicyclic) bond motifs is 2. The Labute approximate surface area is 188 Å². The van der Waals surface area contributed by atoms with Crippen molar-refractivity contribution in [3.05, 3.63) is 52.8 Å². The van der Waals surface area contributed by atoms with Crippen LogP contribution in [0.1, 0.15) is 61.9 Å². The standard InChI is InChI=1S/C26H31N3O3/c1-16-13-27-24-21(16)12-18(14-28-24)17-10-19-15-31-9-7-20(19)22(11-17)23-6-5-8-29(23)25(30)32-26(2,3)4/h10-14,23H,5-9,15H2,1-4H3,(H,27,28)/t23-/m0/s1. The maximum Gasteiger partial charge on any atom is 0.410 e. The van der Waals surface area contributed by atoms with Crippen LogP contribution in [0.2, 0.25) is 0 Å². The summed E-state index contributed by atoms with van der Waals surface area (Å²) in [6.07, 6.45) is 6.49. The maximum atomic E-state index is 13.0. The first kappa shape index (κ1) is 21.0. The lowest BCUT2D eigenvalue weighted by Crippen LogP contribution is -2.36. The van der Waals surface area contributed by atoms with Gasteiger partial charge >= 0.3 is 6.09 Å². The number of nitrogens with zero attached hydrogens (tertiary/aromatic N) is 2. The summed E-state index contributed by atoms with van der Waals surface area (Å²) in [6.45, 7) is 9.90. The largest absolute Gasteiger partial charge is 0.444 e. The Morgan fingerprint density at radius 1 is 1.25 bits per heavy atom. The van der Waals surface area contributed by atoms with Crippen molar-refractivity contribution in [1.29, 1.82) is 0 Å². The Hall–Kier alpha value is -2.86. The average molecular weight is 434 g/mol. The SMILES string of the molecule is Cc1c[nH]c2ncc(-c3cc4c(c([C@@H]5CCCN5C(=O)OC(C)(C)C)c3)CCOC4)cc12. The lowest BCUT2D eigenvalue weighted by Gasteiger charge is -2.31. The fourth-order valence-corrected chi connectivity index (χ4v) is 4.93. The molecule has 1 N–H and O–H groups in total. The molecule has 1 atom stereocenters. The van der Waals surface area contributed by atoms with Gasteiger partial charge in [0.1, 0.15) is 11.2 Å². The molecule has 0 saturated carbocycles. The van der Waals surface area contributed by atoms with Gasteiger partial charge in [-0.05, 0) is 93.0 Å². The number of carbonyl (C=O) groups excluding carboxylic acids is 1. The van der Waals surface area contributed by atoms with Gasteiger partial charge in [0.05, 0.1) is 19.3 Å². The molecule has 2 aliphatic heterocycles. The Bertz CT molecular complexity index is 1180. The lowest BCUT2D eigenvalue weighted by atomic mass is 9.88. The highest BCUT2D eigenvalue weighted by Gasteiger charge is 2.35. The second kappa shape index (κ2) is 7.93. The van der Waals surface area contributed by atoms with E-state index in [-0.39, 0.29) is 12.1 Å². The number of pyridine rings is 1. The minimum Gasteiger partial charge on any atom is -0.444 e. The van der Waals surface area contributed by atoms with Crippen molar-refractivity contribution < 1.29 is 14.3 Å². The van der Waals surface area contributed by atoms with Crippen LogP contribution in [0.5, 0.6) is 0 Å². The summed E-state index contributed by atoms with van der Waals surface area (Å²) in [5, 5.41) is 1.13. The van der Waals surface area contributed by atoms with Gasteiger partial charge in [-0.15, -0.1) is 0 Å². The number of hydrogen-bond acceptors (Lipinski definition) is 4. The minimum absolute atomic E-state index is 0.0299. The zero-order valence-electron chi connectivity index (χ0n) is 19.3. The van der Waals surface area contributed by atoms with E-state index in [1.165, 1.54) is 22.3 Å². The molecule has 0 radical (unpaired) electrons. The molecule has 4 heterocycles. The van der Waals surface area contributed by atoms with E-state index in [1.807, 2.05) is 38.1 Å². The van der Waals surface area contributed by atoms with Gasteiger partial charge in [-0.3, -0.25) is 0 Å². The van der Waals surface area contributed by atoms with Crippen LogP contribution in [0.25, 0.3) is 22.2 Å². The Balaban J connectivity index is 1.58. The molecule has 168 valence electrons. The molecule has 1 saturated heterocycles. The summed E-state index contributed by atoms with van der Waals surface area (Å²) in [4.78, 5) is 22.8. The second-order valence-corrected chi connectivity index (χ2v) is 9.93. The fraction of sp³-hybridized carbons (Fsp3) is 0.462. The number of amides is 1. The van der Waals surface area contributed by atoms with Crippen molar-refractivity contribution in [2.24, 2.45) is 0 Å². The van der Waals surface area contributed by atoms with E-state index in [2.05, 4.69) is 35.1 Å². The van der Waals surface area contributed by atoms with Gasteiger partial charge in [0, 0.05) is 29.9 Å². The highest BCUT2D eigenvalue weighted by atomic mass is 16.6. The van der Waals surface area contributed by atoms with E-state index in [0.29, 0.717) is 13.2 Å². The second-order valence-electron chi connectivity index (χ2n) is 9.93. The Morgan fingerprint density at radius 2 is 2.09 bits per heavy atom. The monoisotopic (exact) mass is 433 g/mol. The van der Waals surface area contributed by atoms with Crippen molar-refractivity contribution in [2.75, 3.05) is 13.2 Å². The van der Waals surface area contributed by atoms with Crippen molar-refractivity contribution in [3.63, 3.8) is 0 Å². The van der Waals surface area contributed by atoms with Gasteiger partial charge in [-0.2, -0.15) is 0 Å². The summed E-state index contributed by atoms with van der Waals surface area (Å²) in [7, 11) is 0. The number of nitrogens with one attached hydrogen (secondary N) is 1. The molecule has 2 aromatic heterocycles. The Morgan fingerprint density at radius 3 is 2.91 bits per heavy atom. The van der Waals surface area contributed by atoms with Crippen LogP contribution in [0.3, 0.4) is 0 Å². The van der Waals surface area contributed by atoms with Crippen LogP contribution in [-0.4, -0.2) is 39.7 Å². The van der Waals surface area contributed by atoms with E-state index in [9.17, 15) is 4.79 Å². The molecule has 1 amide bonds. The molecular weight excluding hydrogens is 402 g/mol. The molecule has 0 spiro atoms. The van der Waals surface area contributed by atoms with Crippen molar-refractivity contribution in [1.82, 2.24) is 14.9 Å². The molecule has 0 unspecified atom stereocenters. The summed E-state index contributed by atoms with van der Waals surface area (Å²) in [5.74, 6) is 0. The fourth-order valence-electron chi connectivity index (χ4n) is 4.93. The third kappa shape index (κ3) is 3.88. The van der Waals surface area contributed by atoms with E-state index >= 15 is 0 Å². The van der Waals surface area contributed by atoms with Crippen LogP contribution in [-0.2, 0) is 22.5 Å². The average Bonchev–Trinajstić information content (AvgIpc) is 3.39. The number of benzene rings is 1. The number of rotatable bonds is 2. The van der Waals surface area contributed by atoms with Gasteiger partial charge < -0.3 is 19.4 Å².